The van der Waals surface area contributed by atoms with Crippen molar-refractivity contribution in [1.82, 2.24) is 4.98 Å². The Morgan fingerprint density at radius 1 is 1.23 bits per heavy atom. The third-order valence-corrected chi connectivity index (χ3v) is 4.73. The molecule has 1 N–H and O–H groups in total. The molecule has 1 aromatic carbocycles. The molecule has 140 valence electrons. The highest BCUT2D eigenvalue weighted by atomic mass is 79.9. The largest absolute Gasteiger partial charge is 0.573 e. The lowest BCUT2D eigenvalue weighted by atomic mass is 10.3. The summed E-state index contributed by atoms with van der Waals surface area (Å²) in [7, 11) is -3.36. The van der Waals surface area contributed by atoms with E-state index in [1.54, 1.807) is 0 Å². The van der Waals surface area contributed by atoms with Gasteiger partial charge in [-0.2, -0.15) is 0 Å². The monoisotopic (exact) mass is 454 g/mol. The molecule has 1 heterocycles. The molecule has 0 fully saturated rings. The van der Waals surface area contributed by atoms with Gasteiger partial charge in [0.1, 0.15) is 10.6 Å². The molecule has 0 aliphatic carbocycles. The lowest BCUT2D eigenvalue weighted by Crippen LogP contribution is -2.21. The second-order valence-electron chi connectivity index (χ2n) is 4.70. The average Bonchev–Trinajstić information content (AvgIpc) is 2.54. The van der Waals surface area contributed by atoms with Crippen LogP contribution in [0.2, 0.25) is 0 Å². The Morgan fingerprint density at radius 2 is 1.92 bits per heavy atom. The van der Waals surface area contributed by atoms with Gasteiger partial charge in [-0.3, -0.25) is 9.71 Å². The van der Waals surface area contributed by atoms with Crippen molar-refractivity contribution in [2.75, 3.05) is 11.8 Å². The molecular weight excluding hydrogens is 445 g/mol. The SMILES string of the molecule is COC(=O)c1cncc(NS(=O)(=O)c2cc(Br)ccc2OC(F)(F)F)c1. The highest BCUT2D eigenvalue weighted by Gasteiger charge is 2.34. The summed E-state index contributed by atoms with van der Waals surface area (Å²) in [5.74, 6) is -1.67. The molecule has 0 aliphatic rings. The predicted octanol–water partition coefficient (Wildman–Crippen LogP) is 3.33. The summed E-state index contributed by atoms with van der Waals surface area (Å²) in [6, 6.07) is 4.12. The van der Waals surface area contributed by atoms with E-state index in [2.05, 4.69) is 30.4 Å². The van der Waals surface area contributed by atoms with E-state index < -0.39 is 33.0 Å². The summed E-state index contributed by atoms with van der Waals surface area (Å²) in [4.78, 5) is 14.4. The van der Waals surface area contributed by atoms with Crippen molar-refractivity contribution in [2.24, 2.45) is 0 Å². The third-order valence-electron chi connectivity index (χ3n) is 2.83. The molecule has 7 nitrogen and oxygen atoms in total. The Hall–Kier alpha value is -2.34. The molecule has 0 bridgehead atoms. The van der Waals surface area contributed by atoms with Crippen molar-refractivity contribution in [3.63, 3.8) is 0 Å². The number of carbonyl (C=O) groups excluding carboxylic acids is 1. The maximum absolute atomic E-state index is 12.5. The Balaban J connectivity index is 2.42. The number of carbonyl (C=O) groups is 1. The van der Waals surface area contributed by atoms with Gasteiger partial charge in [-0.05, 0) is 24.3 Å². The number of aromatic nitrogens is 1. The van der Waals surface area contributed by atoms with Crippen LogP contribution >= 0.6 is 15.9 Å². The molecule has 0 radical (unpaired) electrons. The number of rotatable bonds is 5. The van der Waals surface area contributed by atoms with Crippen LogP contribution in [0.3, 0.4) is 0 Å². The number of ether oxygens (including phenoxy) is 2. The summed E-state index contributed by atoms with van der Waals surface area (Å²) in [6.45, 7) is 0. The van der Waals surface area contributed by atoms with Crippen molar-refractivity contribution < 1.29 is 35.9 Å². The summed E-state index contributed by atoms with van der Waals surface area (Å²) in [6.07, 6.45) is -2.86. The Bertz CT molecular complexity index is 934. The van der Waals surface area contributed by atoms with Gasteiger partial charge in [0.2, 0.25) is 0 Å². The van der Waals surface area contributed by atoms with Crippen LogP contribution in [0, 0.1) is 0 Å². The quantitative estimate of drug-likeness (QED) is 0.696. The van der Waals surface area contributed by atoms with Crippen molar-refractivity contribution in [1.29, 1.82) is 0 Å². The maximum Gasteiger partial charge on any atom is 0.573 e. The Labute approximate surface area is 154 Å². The molecule has 26 heavy (non-hydrogen) atoms. The minimum Gasteiger partial charge on any atom is -0.465 e. The second-order valence-corrected chi connectivity index (χ2v) is 7.26. The highest BCUT2D eigenvalue weighted by molar-refractivity contribution is 9.10. The van der Waals surface area contributed by atoms with Crippen LogP contribution in [0.15, 0.2) is 46.0 Å². The number of hydrogen-bond acceptors (Lipinski definition) is 6. The van der Waals surface area contributed by atoms with Gasteiger partial charge in [0.15, 0.2) is 0 Å². The fourth-order valence-electron chi connectivity index (χ4n) is 1.84. The number of sulfonamides is 1. The summed E-state index contributed by atoms with van der Waals surface area (Å²) >= 11 is 2.99. The lowest BCUT2D eigenvalue weighted by molar-refractivity contribution is -0.275. The number of anilines is 1. The number of pyridine rings is 1. The first-order chi connectivity index (χ1) is 12.0. The van der Waals surface area contributed by atoms with E-state index in [4.69, 9.17) is 0 Å². The molecule has 2 aromatic rings. The van der Waals surface area contributed by atoms with Crippen molar-refractivity contribution >= 4 is 37.6 Å². The zero-order valence-electron chi connectivity index (χ0n) is 12.9. The molecule has 0 saturated carbocycles. The molecule has 0 amide bonds. The molecule has 0 atom stereocenters. The molecule has 2 rings (SSSR count). The zero-order valence-corrected chi connectivity index (χ0v) is 15.3. The van der Waals surface area contributed by atoms with Gasteiger partial charge >= 0.3 is 12.3 Å². The van der Waals surface area contributed by atoms with Crippen molar-refractivity contribution in [2.45, 2.75) is 11.3 Å². The maximum atomic E-state index is 12.5. The van der Waals surface area contributed by atoms with Gasteiger partial charge in [0.05, 0.1) is 24.6 Å². The Morgan fingerprint density at radius 3 is 2.54 bits per heavy atom. The topological polar surface area (TPSA) is 94.6 Å². The summed E-state index contributed by atoms with van der Waals surface area (Å²) in [5, 5.41) is 0. The van der Waals surface area contributed by atoms with Crippen LogP contribution in [-0.2, 0) is 14.8 Å². The van der Waals surface area contributed by atoms with Gasteiger partial charge in [0, 0.05) is 10.7 Å². The van der Waals surface area contributed by atoms with Gasteiger partial charge in [-0.15, -0.1) is 13.2 Å². The average molecular weight is 455 g/mol. The number of alkyl halides is 3. The second kappa shape index (κ2) is 7.50. The van der Waals surface area contributed by atoms with E-state index in [0.717, 1.165) is 37.7 Å². The lowest BCUT2D eigenvalue weighted by Gasteiger charge is -2.15. The number of methoxy groups -OCH3 is 1. The van der Waals surface area contributed by atoms with Crippen LogP contribution < -0.4 is 9.46 Å². The first kappa shape index (κ1) is 20.0. The van der Waals surface area contributed by atoms with E-state index in [1.807, 2.05) is 4.72 Å². The molecule has 12 heteroatoms. The minimum atomic E-state index is -5.08. The molecular formula is C14H10BrF3N2O5S. The van der Waals surface area contributed by atoms with E-state index in [-0.39, 0.29) is 15.7 Å². The van der Waals surface area contributed by atoms with Crippen LogP contribution in [0.5, 0.6) is 5.75 Å². The fourth-order valence-corrected chi connectivity index (χ4v) is 3.54. The smallest absolute Gasteiger partial charge is 0.465 e. The number of hydrogen-bond donors (Lipinski definition) is 1. The van der Waals surface area contributed by atoms with E-state index in [1.165, 1.54) is 6.07 Å². The normalized spacial score (nSPS) is 11.7. The first-order valence-corrected chi connectivity index (χ1v) is 8.91. The Kier molecular flexibility index (Phi) is 5.76. The molecule has 1 aromatic heterocycles. The molecule has 0 aliphatic heterocycles. The highest BCUT2D eigenvalue weighted by Crippen LogP contribution is 2.33. The van der Waals surface area contributed by atoms with Crippen LogP contribution in [-0.4, -0.2) is 32.8 Å². The number of nitrogens with one attached hydrogen (secondary N) is 1. The van der Waals surface area contributed by atoms with E-state index in [9.17, 15) is 26.4 Å². The van der Waals surface area contributed by atoms with Crippen LogP contribution in [0.25, 0.3) is 0 Å². The minimum absolute atomic E-state index is 0.0475. The third kappa shape index (κ3) is 5.08. The van der Waals surface area contributed by atoms with Crippen LogP contribution in [0.1, 0.15) is 10.4 Å². The van der Waals surface area contributed by atoms with Gasteiger partial charge in [-0.25, -0.2) is 13.2 Å². The van der Waals surface area contributed by atoms with Crippen LogP contribution in [0.4, 0.5) is 18.9 Å². The first-order valence-electron chi connectivity index (χ1n) is 6.63. The van der Waals surface area contributed by atoms with Crippen molar-refractivity contribution in [3.05, 3.63) is 46.7 Å². The van der Waals surface area contributed by atoms with Gasteiger partial charge < -0.3 is 9.47 Å². The zero-order chi connectivity index (χ0) is 19.5. The number of nitrogens with zero attached hydrogens (tertiary/aromatic N) is 1. The fraction of sp³-hybridized carbons (Fsp3) is 0.143. The number of halogens is 4. The van der Waals surface area contributed by atoms with Gasteiger partial charge in [0.25, 0.3) is 10.0 Å². The molecule has 0 unspecified atom stereocenters. The predicted molar refractivity (Wildman–Crippen MR) is 87.2 cm³/mol. The van der Waals surface area contributed by atoms with E-state index in [0.29, 0.717) is 0 Å². The van der Waals surface area contributed by atoms with Crippen molar-refractivity contribution in [3.8, 4) is 5.75 Å². The molecule has 0 saturated heterocycles. The number of benzene rings is 1. The number of esters is 1. The van der Waals surface area contributed by atoms with Gasteiger partial charge in [-0.1, -0.05) is 15.9 Å². The molecule has 0 spiro atoms. The van der Waals surface area contributed by atoms with E-state index >= 15 is 0 Å². The standard InChI is InChI=1S/C14H10BrF3N2O5S/c1-24-13(21)8-4-10(7-19-6-8)20-26(22,23)12-5-9(15)2-3-11(12)25-14(16,17)18/h2-7,20H,1H3. The summed E-state index contributed by atoms with van der Waals surface area (Å²) in [5.41, 5.74) is -0.195. The summed E-state index contributed by atoms with van der Waals surface area (Å²) < 4.78 is 73.0.